The number of carboxylic acids is 1. The molecule has 4 atom stereocenters. The molecule has 0 fully saturated rings. The molecule has 15 N–H and O–H groups in total. The second kappa shape index (κ2) is 23.0. The normalized spacial score (nSPS) is 12.8. The topological polar surface area (TPSA) is 386 Å². The average molecular weight is 693 g/mol. The van der Waals surface area contributed by atoms with Gasteiger partial charge in [0.15, 0.2) is 0 Å². The first-order chi connectivity index (χ1) is 22.5. The van der Waals surface area contributed by atoms with E-state index in [-0.39, 0.29) is 0 Å². The molecule has 24 heteroatoms. The van der Waals surface area contributed by atoms with E-state index in [0.29, 0.717) is 0 Å². The van der Waals surface area contributed by atoms with Crippen molar-refractivity contribution in [1.82, 2.24) is 47.9 Å². The second-order valence-electron chi connectivity index (χ2n) is 9.53. The maximum absolute atomic E-state index is 12.2. The Kier molecular flexibility index (Phi) is 20.3. The highest BCUT2D eigenvalue weighted by molar-refractivity contribution is 5.94. The van der Waals surface area contributed by atoms with Crippen LogP contribution in [0.4, 0.5) is 0 Å². The number of hydrogen-bond acceptors (Lipinski definition) is 14. The molecule has 0 bridgehead atoms. The Morgan fingerprint density at radius 1 is 0.500 bits per heavy atom. The zero-order chi connectivity index (χ0) is 36.8. The summed E-state index contributed by atoms with van der Waals surface area (Å²) in [6, 6.07) is -4.37. The van der Waals surface area contributed by atoms with Crippen LogP contribution in [0.2, 0.25) is 0 Å². The Bertz CT molecular complexity index is 1200. The van der Waals surface area contributed by atoms with Gasteiger partial charge in [-0.3, -0.25) is 43.2 Å². The molecule has 0 aromatic carbocycles. The Labute approximate surface area is 271 Å². The lowest BCUT2D eigenvalue weighted by Crippen LogP contribution is -2.53. The van der Waals surface area contributed by atoms with E-state index in [4.69, 9.17) is 15.9 Å². The minimum atomic E-state index is -1.57. The maximum atomic E-state index is 12.2. The van der Waals surface area contributed by atoms with Crippen LogP contribution < -0.4 is 53.6 Å². The molecule has 0 aromatic heterocycles. The van der Waals surface area contributed by atoms with Crippen LogP contribution in [0, 0.1) is 0 Å². The summed E-state index contributed by atoms with van der Waals surface area (Å²) in [6.07, 6.45) is -1.15. The highest BCUT2D eigenvalue weighted by Gasteiger charge is 2.22. The van der Waals surface area contributed by atoms with Crippen molar-refractivity contribution in [2.75, 3.05) is 59.0 Å². The molecule has 0 unspecified atom stereocenters. The first-order valence-electron chi connectivity index (χ1n) is 13.9. The van der Waals surface area contributed by atoms with Gasteiger partial charge in [-0.25, -0.2) is 4.79 Å². The number of hydrogen-bond donors (Lipinski definition) is 14. The molecule has 0 rings (SSSR count). The van der Waals surface area contributed by atoms with E-state index >= 15 is 0 Å². The third-order valence-corrected chi connectivity index (χ3v) is 5.55. The lowest BCUT2D eigenvalue weighted by Gasteiger charge is -2.16. The van der Waals surface area contributed by atoms with Gasteiger partial charge in [0.05, 0.1) is 65.1 Å². The monoisotopic (exact) mass is 692 g/mol. The van der Waals surface area contributed by atoms with Crippen molar-refractivity contribution in [3.05, 3.63) is 0 Å². The lowest BCUT2D eigenvalue weighted by molar-refractivity contribution is -0.142. The van der Waals surface area contributed by atoms with Gasteiger partial charge < -0.3 is 74.0 Å². The number of nitrogens with one attached hydrogen (secondary N) is 9. The quantitative estimate of drug-likeness (QED) is 0.0501. The van der Waals surface area contributed by atoms with Crippen LogP contribution in [0.25, 0.3) is 0 Å². The average Bonchev–Trinajstić information content (AvgIpc) is 3.05. The first-order valence-corrected chi connectivity index (χ1v) is 13.9. The third kappa shape index (κ3) is 19.1. The number of carbonyl (C=O) groups excluding carboxylic acids is 9. The molecule has 0 saturated carbocycles. The van der Waals surface area contributed by atoms with E-state index in [9.17, 15) is 58.2 Å². The van der Waals surface area contributed by atoms with Crippen LogP contribution in [0.3, 0.4) is 0 Å². The van der Waals surface area contributed by atoms with Gasteiger partial charge in [0.2, 0.25) is 53.2 Å². The van der Waals surface area contributed by atoms with Crippen LogP contribution >= 0.6 is 0 Å². The molecule has 0 aromatic rings. The molecule has 0 radical (unpaired) electrons. The van der Waals surface area contributed by atoms with E-state index in [1.54, 1.807) is 0 Å². The third-order valence-electron chi connectivity index (χ3n) is 5.55. The van der Waals surface area contributed by atoms with Crippen molar-refractivity contribution in [3.8, 4) is 0 Å². The summed E-state index contributed by atoms with van der Waals surface area (Å²) in [4.78, 5) is 117. The first kappa shape index (κ1) is 42.5. The Morgan fingerprint density at radius 2 is 0.792 bits per heavy atom. The molecular formula is C24H40N10O14. The number of aliphatic hydroxyl groups is 3. The van der Waals surface area contributed by atoms with Crippen LogP contribution in [-0.4, -0.2) is 163 Å². The van der Waals surface area contributed by atoms with Gasteiger partial charge in [-0.05, 0) is 6.92 Å². The van der Waals surface area contributed by atoms with Gasteiger partial charge in [0, 0.05) is 0 Å². The van der Waals surface area contributed by atoms with Crippen molar-refractivity contribution in [3.63, 3.8) is 0 Å². The molecule has 24 nitrogen and oxygen atoms in total. The van der Waals surface area contributed by atoms with Crippen LogP contribution in [0.5, 0.6) is 0 Å². The van der Waals surface area contributed by atoms with E-state index in [2.05, 4.69) is 42.5 Å². The Hall–Kier alpha value is -5.46. The molecule has 0 aliphatic rings. The van der Waals surface area contributed by atoms with Crippen LogP contribution in [0.1, 0.15) is 6.92 Å². The van der Waals surface area contributed by atoms with Crippen molar-refractivity contribution in [1.29, 1.82) is 0 Å². The number of aliphatic carboxylic acids is 1. The van der Waals surface area contributed by atoms with Crippen LogP contribution in [-0.2, 0) is 47.9 Å². The van der Waals surface area contributed by atoms with E-state index < -0.39 is 142 Å². The fraction of sp³-hybridized carbons (Fsp3) is 0.583. The van der Waals surface area contributed by atoms with Gasteiger partial charge >= 0.3 is 5.97 Å². The predicted molar refractivity (Wildman–Crippen MR) is 156 cm³/mol. The molecule has 0 saturated heterocycles. The number of aliphatic hydroxyl groups excluding tert-OH is 3. The summed E-state index contributed by atoms with van der Waals surface area (Å²) in [7, 11) is 0. The predicted octanol–water partition coefficient (Wildman–Crippen LogP) is -10.5. The van der Waals surface area contributed by atoms with Gasteiger partial charge in [-0.15, -0.1) is 0 Å². The fourth-order valence-electron chi connectivity index (χ4n) is 2.87. The standard InChI is InChI=1S/C24H40N10O14/c1-11(37)21(25)23(46)32-6-18(42)28-2-14(38)26-3-15(39)29-7-19(43)33-12(9-35)22(45)31-5-17(41)27-4-16(40)30-8-20(44)34-13(10-36)24(47)48/h11-13,21,35-37H,2-10,25H2,1H3,(H,26,38)(H,27,41)(H,28,42)(H,29,39)(H,30,40)(H,31,45)(H,32,46)(H,33,43)(H,34,44)(H,47,48)/t11-,12+,13+,21+/m1/s1. The molecule has 48 heavy (non-hydrogen) atoms. The van der Waals surface area contributed by atoms with E-state index in [1.165, 1.54) is 6.92 Å². The summed E-state index contributed by atoms with van der Waals surface area (Å²) in [6.45, 7) is -4.89. The van der Waals surface area contributed by atoms with E-state index in [0.717, 1.165) is 0 Å². The number of carboxylic acid groups (broad SMARTS) is 1. The summed E-state index contributed by atoms with van der Waals surface area (Å²) in [5, 5.41) is 55.1. The highest BCUT2D eigenvalue weighted by atomic mass is 16.4. The van der Waals surface area contributed by atoms with Crippen molar-refractivity contribution in [2.45, 2.75) is 31.2 Å². The number of nitrogens with two attached hydrogens (primary N) is 1. The van der Waals surface area contributed by atoms with Gasteiger partial charge in [0.1, 0.15) is 18.1 Å². The zero-order valence-corrected chi connectivity index (χ0v) is 25.6. The summed E-state index contributed by atoms with van der Waals surface area (Å²) >= 11 is 0. The second-order valence-corrected chi connectivity index (χ2v) is 9.53. The molecule has 0 aliphatic heterocycles. The number of amides is 9. The van der Waals surface area contributed by atoms with Gasteiger partial charge in [-0.1, -0.05) is 0 Å². The minimum Gasteiger partial charge on any atom is -0.480 e. The maximum Gasteiger partial charge on any atom is 0.328 e. The molecule has 0 aliphatic carbocycles. The lowest BCUT2D eigenvalue weighted by atomic mass is 10.2. The highest BCUT2D eigenvalue weighted by Crippen LogP contribution is 1.88. The zero-order valence-electron chi connectivity index (χ0n) is 25.6. The van der Waals surface area contributed by atoms with Crippen molar-refractivity contribution >= 4 is 59.1 Å². The summed E-state index contributed by atoms with van der Waals surface area (Å²) in [5.74, 6) is -9.29. The Balaban J connectivity index is 4.30. The fourth-order valence-corrected chi connectivity index (χ4v) is 2.87. The minimum absolute atomic E-state index is 0.531. The van der Waals surface area contributed by atoms with Gasteiger partial charge in [0.25, 0.3) is 0 Å². The molecule has 9 amide bonds. The van der Waals surface area contributed by atoms with Crippen molar-refractivity contribution in [2.24, 2.45) is 5.73 Å². The SMILES string of the molecule is C[C@@H](O)[C@H](N)C(=O)NCC(=O)NCC(=O)NCC(=O)NCC(=O)N[C@@H](CO)C(=O)NCC(=O)NCC(=O)NCC(=O)N[C@@H](CO)C(=O)O. The Morgan fingerprint density at radius 3 is 1.10 bits per heavy atom. The molecular weight excluding hydrogens is 652 g/mol. The number of carbonyl (C=O) groups is 10. The molecule has 270 valence electrons. The van der Waals surface area contributed by atoms with Crippen molar-refractivity contribution < 1.29 is 68.4 Å². The smallest absolute Gasteiger partial charge is 0.328 e. The summed E-state index contributed by atoms with van der Waals surface area (Å²) < 4.78 is 0. The molecule has 0 heterocycles. The van der Waals surface area contributed by atoms with Gasteiger partial charge in [-0.2, -0.15) is 0 Å². The van der Waals surface area contributed by atoms with E-state index in [1.807, 2.05) is 5.32 Å². The van der Waals surface area contributed by atoms with Crippen LogP contribution in [0.15, 0.2) is 0 Å². The summed E-state index contributed by atoms with van der Waals surface area (Å²) in [5.41, 5.74) is 5.40. The molecule has 0 spiro atoms. The number of rotatable bonds is 22. The largest absolute Gasteiger partial charge is 0.480 e.